The minimum absolute atomic E-state index is 0. The highest BCUT2D eigenvalue weighted by atomic mass is 35.5. The third-order valence-electron chi connectivity index (χ3n) is 0.936. The molecule has 1 aromatic rings. The van der Waals surface area contributed by atoms with Gasteiger partial charge >= 0.3 is 5.97 Å². The highest BCUT2D eigenvalue weighted by molar-refractivity contribution is 7.13. The van der Waals surface area contributed by atoms with Crippen LogP contribution >= 0.6 is 23.7 Å². The van der Waals surface area contributed by atoms with Gasteiger partial charge in [-0.15, -0.1) is 23.7 Å². The summed E-state index contributed by atoms with van der Waals surface area (Å²) in [6.45, 7) is 0. The molecule has 0 saturated heterocycles. The molecule has 0 fully saturated rings. The second-order valence-corrected chi connectivity index (χ2v) is 2.69. The first-order valence-corrected chi connectivity index (χ1v) is 3.76. The van der Waals surface area contributed by atoms with Gasteiger partial charge < -0.3 is 16.6 Å². The molecule has 5 N–H and O–H groups in total. The summed E-state index contributed by atoms with van der Waals surface area (Å²) in [5.74, 6) is -1.23. The van der Waals surface area contributed by atoms with Crippen molar-refractivity contribution in [1.29, 1.82) is 0 Å². The number of aromatic carboxylic acids is 1. The maximum absolute atomic E-state index is 10.3. The van der Waals surface area contributed by atoms with Crippen molar-refractivity contribution >= 4 is 40.8 Å². The van der Waals surface area contributed by atoms with E-state index in [1.54, 1.807) is 0 Å². The predicted octanol–water partition coefficient (Wildman–Crippen LogP) is 0.168. The van der Waals surface area contributed by atoms with Crippen LogP contribution in [0.25, 0.3) is 0 Å². The van der Waals surface area contributed by atoms with Gasteiger partial charge in [-0.3, -0.25) is 0 Å². The third kappa shape index (κ3) is 3.26. The van der Waals surface area contributed by atoms with Gasteiger partial charge in [0.2, 0.25) is 5.13 Å². The van der Waals surface area contributed by atoms with Crippen LogP contribution in [0.4, 0.5) is 5.13 Å². The molecule has 0 amide bonds. The minimum atomic E-state index is -1.09. The number of carboxylic acids is 1. The highest BCUT2D eigenvalue weighted by Crippen LogP contribution is 2.17. The van der Waals surface area contributed by atoms with Gasteiger partial charge in [-0.25, -0.2) is 9.78 Å². The van der Waals surface area contributed by atoms with E-state index in [0.29, 0.717) is 0 Å². The molecule has 8 heteroatoms. The summed E-state index contributed by atoms with van der Waals surface area (Å²) >= 11 is 1.07. The maximum Gasteiger partial charge on any atom is 0.355 e. The first-order chi connectivity index (χ1) is 5.59. The highest BCUT2D eigenvalue weighted by Gasteiger charge is 2.07. The second-order valence-electron chi connectivity index (χ2n) is 1.86. The molecule has 0 spiro atoms. The van der Waals surface area contributed by atoms with Crippen molar-refractivity contribution in [2.45, 2.75) is 0 Å². The molecule has 0 aromatic carbocycles. The quantitative estimate of drug-likeness (QED) is 0.487. The van der Waals surface area contributed by atoms with E-state index >= 15 is 0 Å². The number of hydrogen-bond acceptors (Lipinski definition) is 4. The van der Waals surface area contributed by atoms with Crippen LogP contribution in [-0.2, 0) is 0 Å². The lowest BCUT2D eigenvalue weighted by atomic mass is 10.5. The lowest BCUT2D eigenvalue weighted by Gasteiger charge is -1.85. The average molecular weight is 223 g/mol. The molecule has 1 aromatic heterocycles. The van der Waals surface area contributed by atoms with E-state index in [4.69, 9.17) is 16.6 Å². The van der Waals surface area contributed by atoms with E-state index in [1.165, 1.54) is 5.38 Å². The molecule has 72 valence electrons. The van der Waals surface area contributed by atoms with Gasteiger partial charge in [-0.1, -0.05) is 0 Å². The smallest absolute Gasteiger partial charge is 0.355 e. The Labute approximate surface area is 83.7 Å². The van der Waals surface area contributed by atoms with Crippen LogP contribution in [0.2, 0.25) is 0 Å². The van der Waals surface area contributed by atoms with Crippen molar-refractivity contribution < 1.29 is 9.90 Å². The van der Waals surface area contributed by atoms with Crippen LogP contribution in [-0.4, -0.2) is 22.0 Å². The van der Waals surface area contributed by atoms with Crippen LogP contribution in [0.15, 0.2) is 10.4 Å². The minimum Gasteiger partial charge on any atom is -0.476 e. The van der Waals surface area contributed by atoms with Gasteiger partial charge in [0, 0.05) is 5.38 Å². The van der Waals surface area contributed by atoms with Crippen LogP contribution in [0.5, 0.6) is 0 Å². The Morgan fingerprint density at radius 2 is 2.23 bits per heavy atom. The first kappa shape index (κ1) is 11.7. The normalized spacial score (nSPS) is 8.62. The number of thiazole rings is 1. The first-order valence-electron chi connectivity index (χ1n) is 2.88. The molecule has 0 radical (unpaired) electrons. The summed E-state index contributed by atoms with van der Waals surface area (Å²) < 4.78 is 0. The standard InChI is InChI=1S/C5H6N4O2S.ClH/c6-4(7)9-5-8-2(1-12-5)3(10)11;/h1H,(H,10,11)(H4,6,7,8,9);1H. The van der Waals surface area contributed by atoms with Gasteiger partial charge in [-0.2, -0.15) is 4.99 Å². The number of carbonyl (C=O) groups is 1. The fourth-order valence-corrected chi connectivity index (χ4v) is 1.20. The zero-order valence-electron chi connectivity index (χ0n) is 6.30. The van der Waals surface area contributed by atoms with E-state index < -0.39 is 5.97 Å². The zero-order chi connectivity index (χ0) is 9.14. The fraction of sp³-hybridized carbons (Fsp3) is 0. The van der Waals surface area contributed by atoms with E-state index in [9.17, 15) is 4.79 Å². The summed E-state index contributed by atoms with van der Waals surface area (Å²) in [4.78, 5) is 17.5. The Bertz CT molecular complexity index is 333. The molecule has 0 aliphatic carbocycles. The molecule has 0 aliphatic heterocycles. The summed E-state index contributed by atoms with van der Waals surface area (Å²) in [6.07, 6.45) is 0. The fourth-order valence-electron chi connectivity index (χ4n) is 0.524. The molecular weight excluding hydrogens is 216 g/mol. The van der Waals surface area contributed by atoms with Crippen molar-refractivity contribution in [3.8, 4) is 0 Å². The lowest BCUT2D eigenvalue weighted by Crippen LogP contribution is -2.21. The molecule has 0 bridgehead atoms. The average Bonchev–Trinajstić information content (AvgIpc) is 2.34. The molecular formula is C5H7ClN4O2S. The number of nitrogens with zero attached hydrogens (tertiary/aromatic N) is 2. The molecule has 13 heavy (non-hydrogen) atoms. The zero-order valence-corrected chi connectivity index (χ0v) is 7.93. The van der Waals surface area contributed by atoms with Gasteiger partial charge in [-0.05, 0) is 0 Å². The topological polar surface area (TPSA) is 115 Å². The summed E-state index contributed by atoms with van der Waals surface area (Å²) in [6, 6.07) is 0. The summed E-state index contributed by atoms with van der Waals surface area (Å²) in [5, 5.41) is 10.1. The number of guanidine groups is 1. The van der Waals surface area contributed by atoms with E-state index in [1.807, 2.05) is 0 Å². The Balaban J connectivity index is 0.00000144. The van der Waals surface area contributed by atoms with Crippen molar-refractivity contribution in [1.82, 2.24) is 4.98 Å². The van der Waals surface area contributed by atoms with Gasteiger partial charge in [0.1, 0.15) is 0 Å². The molecule has 6 nitrogen and oxygen atoms in total. The van der Waals surface area contributed by atoms with Crippen molar-refractivity contribution in [2.24, 2.45) is 16.5 Å². The van der Waals surface area contributed by atoms with Crippen LogP contribution in [0.1, 0.15) is 10.5 Å². The van der Waals surface area contributed by atoms with Crippen LogP contribution in [0.3, 0.4) is 0 Å². The molecule has 0 saturated carbocycles. The van der Waals surface area contributed by atoms with E-state index in [0.717, 1.165) is 11.3 Å². The van der Waals surface area contributed by atoms with Gasteiger partial charge in [0.25, 0.3) is 0 Å². The molecule has 0 atom stereocenters. The lowest BCUT2D eigenvalue weighted by molar-refractivity contribution is 0.0691. The van der Waals surface area contributed by atoms with Crippen LogP contribution in [0, 0.1) is 0 Å². The summed E-state index contributed by atoms with van der Waals surface area (Å²) in [5.41, 5.74) is 10.1. The maximum atomic E-state index is 10.3. The number of nitrogens with two attached hydrogens (primary N) is 2. The number of hydrogen-bond donors (Lipinski definition) is 3. The number of carboxylic acid groups (broad SMARTS) is 1. The Morgan fingerprint density at radius 3 is 2.62 bits per heavy atom. The molecule has 1 rings (SSSR count). The van der Waals surface area contributed by atoms with Crippen molar-refractivity contribution in [3.05, 3.63) is 11.1 Å². The van der Waals surface area contributed by atoms with Gasteiger partial charge in [0.15, 0.2) is 11.7 Å². The molecule has 1 heterocycles. The van der Waals surface area contributed by atoms with Crippen molar-refractivity contribution in [3.63, 3.8) is 0 Å². The van der Waals surface area contributed by atoms with Gasteiger partial charge in [0.05, 0.1) is 0 Å². The monoisotopic (exact) mass is 222 g/mol. The predicted molar refractivity (Wildman–Crippen MR) is 51.8 cm³/mol. The molecule has 0 unspecified atom stereocenters. The Kier molecular flexibility index (Phi) is 4.15. The third-order valence-corrected chi connectivity index (χ3v) is 1.67. The second kappa shape index (κ2) is 4.63. The largest absolute Gasteiger partial charge is 0.476 e. The Morgan fingerprint density at radius 1 is 1.62 bits per heavy atom. The number of halogens is 1. The van der Waals surface area contributed by atoms with Crippen molar-refractivity contribution in [2.75, 3.05) is 0 Å². The van der Waals surface area contributed by atoms with E-state index in [2.05, 4.69) is 9.98 Å². The van der Waals surface area contributed by atoms with Crippen LogP contribution < -0.4 is 11.5 Å². The van der Waals surface area contributed by atoms with E-state index in [-0.39, 0.29) is 29.2 Å². The number of aliphatic imine (C=N–C) groups is 1. The number of rotatable bonds is 2. The molecule has 0 aliphatic rings. The SMILES string of the molecule is Cl.NC(N)=Nc1nc(C(=O)O)cs1. The summed E-state index contributed by atoms with van der Waals surface area (Å²) in [7, 11) is 0. The number of aromatic nitrogens is 1. The Hall–Kier alpha value is -1.34.